The highest BCUT2D eigenvalue weighted by Crippen LogP contribution is 2.27. The van der Waals surface area contributed by atoms with E-state index in [4.69, 9.17) is 14.6 Å². The fraction of sp³-hybridized carbons (Fsp3) is 0.385. The second-order valence-corrected chi connectivity index (χ2v) is 11.4. The highest BCUT2D eigenvalue weighted by Gasteiger charge is 2.28. The van der Waals surface area contributed by atoms with Gasteiger partial charge in [-0.2, -0.15) is 9.40 Å². The molecule has 0 unspecified atom stereocenters. The number of hydrogen-bond acceptors (Lipinski definition) is 6. The topological polar surface area (TPSA) is 103 Å². The van der Waals surface area contributed by atoms with Crippen LogP contribution in [0.25, 0.3) is 5.69 Å². The normalized spacial score (nSPS) is 12.1. The Kier molecular flexibility index (Phi) is 8.55. The molecule has 1 amide bonds. The Labute approximate surface area is 213 Å². The summed E-state index contributed by atoms with van der Waals surface area (Å²) in [6, 6.07) is 15.6. The number of methoxy groups -OCH3 is 2. The number of amides is 1. The lowest BCUT2D eigenvalue weighted by atomic mass is 9.92. The molecular weight excluding hydrogens is 480 g/mol. The minimum atomic E-state index is -3.96. The van der Waals surface area contributed by atoms with E-state index in [1.54, 1.807) is 16.8 Å². The minimum absolute atomic E-state index is 0.0165. The van der Waals surface area contributed by atoms with Crippen LogP contribution in [0.5, 0.6) is 5.75 Å². The van der Waals surface area contributed by atoms with Gasteiger partial charge in [0, 0.05) is 25.1 Å². The zero-order valence-electron chi connectivity index (χ0n) is 21.6. The molecule has 10 heteroatoms. The summed E-state index contributed by atoms with van der Waals surface area (Å²) in [6.07, 6.45) is 0. The number of nitrogens with zero attached hydrogens (tertiary/aromatic N) is 3. The molecule has 9 nitrogen and oxygen atoms in total. The molecule has 2 aromatic carbocycles. The Balaban J connectivity index is 1.90. The van der Waals surface area contributed by atoms with Crippen LogP contribution >= 0.6 is 0 Å². The lowest BCUT2D eigenvalue weighted by Crippen LogP contribution is -2.40. The number of nitrogens with one attached hydrogen (secondary N) is 1. The first-order chi connectivity index (χ1) is 17.0. The van der Waals surface area contributed by atoms with E-state index in [0.717, 1.165) is 21.2 Å². The number of rotatable bonds is 10. The van der Waals surface area contributed by atoms with Crippen LogP contribution < -0.4 is 10.1 Å². The Hall–Kier alpha value is -3.21. The predicted molar refractivity (Wildman–Crippen MR) is 139 cm³/mol. The van der Waals surface area contributed by atoms with Crippen molar-refractivity contribution < 1.29 is 22.7 Å². The quantitative estimate of drug-likeness (QED) is 0.442. The van der Waals surface area contributed by atoms with Gasteiger partial charge in [-0.15, -0.1) is 0 Å². The van der Waals surface area contributed by atoms with Crippen LogP contribution in [0.1, 0.15) is 32.0 Å². The standard InChI is InChI=1S/C26H34N4O5S/c1-19-8-7-9-20(16-19)30-24(17-23(28-30)26(2,3)4)27-25(31)18-29(14-15-34-5)36(32,33)22-12-10-21(35-6)11-13-22/h7-13,16-17H,14-15,18H2,1-6H3,(H,27,31). The maximum absolute atomic E-state index is 13.3. The molecule has 0 bridgehead atoms. The first kappa shape index (κ1) is 27.4. The summed E-state index contributed by atoms with van der Waals surface area (Å²) in [7, 11) is -0.973. The molecular formula is C26H34N4O5S. The second-order valence-electron chi connectivity index (χ2n) is 9.47. The van der Waals surface area contributed by atoms with Crippen molar-refractivity contribution in [2.24, 2.45) is 0 Å². The van der Waals surface area contributed by atoms with Gasteiger partial charge in [0.05, 0.1) is 36.5 Å². The van der Waals surface area contributed by atoms with Crippen LogP contribution in [0.3, 0.4) is 0 Å². The average molecular weight is 515 g/mol. The van der Waals surface area contributed by atoms with Crippen molar-refractivity contribution in [3.8, 4) is 11.4 Å². The zero-order valence-corrected chi connectivity index (χ0v) is 22.4. The van der Waals surface area contributed by atoms with Gasteiger partial charge in [-0.25, -0.2) is 13.1 Å². The van der Waals surface area contributed by atoms with Crippen molar-refractivity contribution in [2.75, 3.05) is 39.2 Å². The van der Waals surface area contributed by atoms with Crippen molar-refractivity contribution in [2.45, 2.75) is 38.0 Å². The number of carbonyl (C=O) groups excluding carboxylic acids is 1. The van der Waals surface area contributed by atoms with Crippen molar-refractivity contribution in [3.05, 3.63) is 65.9 Å². The highest BCUT2D eigenvalue weighted by molar-refractivity contribution is 7.89. The van der Waals surface area contributed by atoms with Gasteiger partial charge >= 0.3 is 0 Å². The fourth-order valence-corrected chi connectivity index (χ4v) is 4.89. The molecule has 0 fully saturated rings. The average Bonchev–Trinajstić information content (AvgIpc) is 3.26. The Morgan fingerprint density at radius 3 is 2.36 bits per heavy atom. The molecule has 1 N–H and O–H groups in total. The van der Waals surface area contributed by atoms with Crippen LogP contribution in [0.15, 0.2) is 59.5 Å². The molecule has 0 spiro atoms. The van der Waals surface area contributed by atoms with Gasteiger partial charge in [0.1, 0.15) is 11.6 Å². The molecule has 3 aromatic rings. The van der Waals surface area contributed by atoms with Gasteiger partial charge in [0.25, 0.3) is 0 Å². The number of benzene rings is 2. The third-order valence-corrected chi connectivity index (χ3v) is 7.41. The van der Waals surface area contributed by atoms with Crippen molar-refractivity contribution in [3.63, 3.8) is 0 Å². The molecule has 0 saturated carbocycles. The summed E-state index contributed by atoms with van der Waals surface area (Å²) in [5, 5.41) is 7.59. The number of aromatic nitrogens is 2. The summed E-state index contributed by atoms with van der Waals surface area (Å²) in [4.78, 5) is 13.2. The van der Waals surface area contributed by atoms with E-state index in [2.05, 4.69) is 5.32 Å². The maximum Gasteiger partial charge on any atom is 0.243 e. The molecule has 0 atom stereocenters. The van der Waals surface area contributed by atoms with Gasteiger partial charge < -0.3 is 14.8 Å². The number of ether oxygens (including phenoxy) is 2. The smallest absolute Gasteiger partial charge is 0.243 e. The van der Waals surface area contributed by atoms with E-state index in [9.17, 15) is 13.2 Å². The zero-order chi connectivity index (χ0) is 26.5. The highest BCUT2D eigenvalue weighted by atomic mass is 32.2. The molecule has 3 rings (SSSR count). The van der Waals surface area contributed by atoms with Crippen LogP contribution in [0, 0.1) is 6.92 Å². The molecule has 1 aromatic heterocycles. The minimum Gasteiger partial charge on any atom is -0.497 e. The lowest BCUT2D eigenvalue weighted by molar-refractivity contribution is -0.116. The van der Waals surface area contributed by atoms with Gasteiger partial charge in [-0.3, -0.25) is 4.79 Å². The number of sulfonamides is 1. The summed E-state index contributed by atoms with van der Waals surface area (Å²) >= 11 is 0. The van der Waals surface area contributed by atoms with Gasteiger partial charge in [0.15, 0.2) is 0 Å². The van der Waals surface area contributed by atoms with Crippen LogP contribution in [0.4, 0.5) is 5.82 Å². The van der Waals surface area contributed by atoms with Gasteiger partial charge in [-0.1, -0.05) is 32.9 Å². The third kappa shape index (κ3) is 6.51. The van der Waals surface area contributed by atoms with Crippen molar-refractivity contribution in [1.82, 2.24) is 14.1 Å². The van der Waals surface area contributed by atoms with E-state index >= 15 is 0 Å². The molecule has 36 heavy (non-hydrogen) atoms. The molecule has 0 aliphatic heterocycles. The van der Waals surface area contributed by atoms with E-state index in [0.29, 0.717) is 11.6 Å². The van der Waals surface area contributed by atoms with Crippen LogP contribution in [-0.4, -0.2) is 62.3 Å². The molecule has 0 aliphatic carbocycles. The fourth-order valence-electron chi connectivity index (χ4n) is 3.51. The first-order valence-electron chi connectivity index (χ1n) is 11.6. The van der Waals surface area contributed by atoms with Gasteiger partial charge in [0.2, 0.25) is 15.9 Å². The van der Waals surface area contributed by atoms with Crippen LogP contribution in [0.2, 0.25) is 0 Å². The largest absolute Gasteiger partial charge is 0.497 e. The van der Waals surface area contributed by atoms with Crippen molar-refractivity contribution >= 4 is 21.7 Å². The molecule has 1 heterocycles. The Morgan fingerprint density at radius 1 is 1.08 bits per heavy atom. The summed E-state index contributed by atoms with van der Waals surface area (Å²) < 4.78 is 39.6. The molecule has 0 saturated heterocycles. The Bertz CT molecular complexity index is 1290. The molecule has 194 valence electrons. The predicted octanol–water partition coefficient (Wildman–Crippen LogP) is 3.76. The second kappa shape index (κ2) is 11.2. The third-order valence-electron chi connectivity index (χ3n) is 5.55. The number of hydrogen-bond donors (Lipinski definition) is 1. The summed E-state index contributed by atoms with van der Waals surface area (Å²) in [5.41, 5.74) is 2.38. The number of carbonyl (C=O) groups is 1. The molecule has 0 aliphatic rings. The van der Waals surface area contributed by atoms with E-state index in [1.807, 2.05) is 58.0 Å². The van der Waals surface area contributed by atoms with E-state index < -0.39 is 15.9 Å². The molecule has 0 radical (unpaired) electrons. The first-order valence-corrected chi connectivity index (χ1v) is 13.0. The summed E-state index contributed by atoms with van der Waals surface area (Å²) in [6.45, 7) is 7.86. The monoisotopic (exact) mass is 514 g/mol. The number of aryl methyl sites for hydroxylation is 1. The van der Waals surface area contributed by atoms with Crippen LogP contribution in [-0.2, 0) is 25.0 Å². The number of anilines is 1. The summed E-state index contributed by atoms with van der Waals surface area (Å²) in [5.74, 6) is 0.510. The van der Waals surface area contributed by atoms with E-state index in [1.165, 1.54) is 26.4 Å². The van der Waals surface area contributed by atoms with E-state index in [-0.39, 0.29) is 30.0 Å². The SMILES string of the molecule is COCCN(CC(=O)Nc1cc(C(C)(C)C)nn1-c1cccc(C)c1)S(=O)(=O)c1ccc(OC)cc1. The maximum atomic E-state index is 13.3. The van der Waals surface area contributed by atoms with Crippen molar-refractivity contribution in [1.29, 1.82) is 0 Å². The van der Waals surface area contributed by atoms with Gasteiger partial charge in [-0.05, 0) is 48.9 Å². The Morgan fingerprint density at radius 2 is 1.78 bits per heavy atom. The lowest BCUT2D eigenvalue weighted by Gasteiger charge is -2.21.